The Bertz CT molecular complexity index is 503. The highest BCUT2D eigenvalue weighted by Crippen LogP contribution is 2.34. The summed E-state index contributed by atoms with van der Waals surface area (Å²) >= 11 is 0. The summed E-state index contributed by atoms with van der Waals surface area (Å²) in [5.74, 6) is -1.70. The van der Waals surface area contributed by atoms with Gasteiger partial charge in [-0.3, -0.25) is 19.2 Å². The van der Waals surface area contributed by atoms with Crippen LogP contribution in [-0.2, 0) is 33.4 Å². The molecule has 4 atom stereocenters. The maximum Gasteiger partial charge on any atom is 0.303 e. The molecule has 0 N–H and O–H groups in total. The van der Waals surface area contributed by atoms with Crippen molar-refractivity contribution in [3.63, 3.8) is 0 Å². The fourth-order valence-electron chi connectivity index (χ4n) is 3.07. The Morgan fingerprint density at radius 2 is 1.50 bits per heavy atom. The summed E-state index contributed by atoms with van der Waals surface area (Å²) in [7, 11) is 0. The maximum atomic E-state index is 12.1. The second-order valence-corrected chi connectivity index (χ2v) is 5.45. The molecule has 22 heavy (non-hydrogen) atoms. The van der Waals surface area contributed by atoms with E-state index in [1.54, 1.807) is 0 Å². The fraction of sp³-hybridized carbons (Fsp3) is 0.714. The smallest absolute Gasteiger partial charge is 0.303 e. The largest absolute Gasteiger partial charge is 0.460 e. The van der Waals surface area contributed by atoms with Gasteiger partial charge in [0.1, 0.15) is 12.1 Å². The lowest BCUT2D eigenvalue weighted by molar-refractivity contribution is -0.171. The minimum atomic E-state index is -0.838. The molecule has 0 aliphatic carbocycles. The van der Waals surface area contributed by atoms with E-state index in [2.05, 4.69) is 0 Å². The van der Waals surface area contributed by atoms with E-state index in [4.69, 9.17) is 14.2 Å². The molecular formula is C14H19NO7. The normalized spacial score (nSPS) is 30.5. The van der Waals surface area contributed by atoms with Crippen molar-refractivity contribution in [2.75, 3.05) is 6.54 Å². The lowest BCUT2D eigenvalue weighted by Crippen LogP contribution is -2.53. The zero-order chi connectivity index (χ0) is 16.4. The van der Waals surface area contributed by atoms with Crippen LogP contribution in [0, 0.1) is 0 Å². The molecule has 2 saturated heterocycles. The van der Waals surface area contributed by atoms with Crippen LogP contribution in [0.15, 0.2) is 0 Å². The monoisotopic (exact) mass is 313 g/mol. The van der Waals surface area contributed by atoms with Gasteiger partial charge >= 0.3 is 17.9 Å². The summed E-state index contributed by atoms with van der Waals surface area (Å²) < 4.78 is 15.7. The predicted octanol–water partition coefficient (Wildman–Crippen LogP) is -0.214. The Labute approximate surface area is 127 Å². The molecule has 2 fully saturated rings. The number of rotatable bonds is 3. The van der Waals surface area contributed by atoms with Crippen molar-refractivity contribution in [3.05, 3.63) is 0 Å². The molecule has 0 spiro atoms. The first kappa shape index (κ1) is 16.3. The highest BCUT2D eigenvalue weighted by molar-refractivity contribution is 5.79. The average Bonchev–Trinajstić information content (AvgIpc) is 2.71. The second kappa shape index (κ2) is 6.33. The lowest BCUT2D eigenvalue weighted by atomic mass is 9.96. The number of piperidine rings is 1. The van der Waals surface area contributed by atoms with Gasteiger partial charge in [-0.25, -0.2) is 0 Å². The minimum absolute atomic E-state index is 0.124. The maximum absolute atomic E-state index is 12.1. The van der Waals surface area contributed by atoms with Crippen molar-refractivity contribution in [1.82, 2.24) is 4.90 Å². The number of amides is 1. The summed E-state index contributed by atoms with van der Waals surface area (Å²) in [6.07, 6.45) is -1.60. The molecule has 0 radical (unpaired) electrons. The molecule has 0 unspecified atom stereocenters. The molecule has 0 aromatic carbocycles. The van der Waals surface area contributed by atoms with E-state index in [1.165, 1.54) is 25.7 Å². The molecule has 2 aliphatic heterocycles. The van der Waals surface area contributed by atoms with Crippen LogP contribution in [-0.4, -0.2) is 59.6 Å². The number of nitrogens with zero attached hydrogens (tertiary/aromatic N) is 1. The first-order valence-corrected chi connectivity index (χ1v) is 7.10. The number of carbonyl (C=O) groups is 4. The molecule has 2 heterocycles. The van der Waals surface area contributed by atoms with Gasteiger partial charge in [-0.05, 0) is 6.42 Å². The lowest BCUT2D eigenvalue weighted by Gasteiger charge is -2.37. The number of esters is 3. The zero-order valence-electron chi connectivity index (χ0n) is 12.7. The van der Waals surface area contributed by atoms with E-state index in [0.29, 0.717) is 6.42 Å². The van der Waals surface area contributed by atoms with Crippen LogP contribution >= 0.6 is 0 Å². The van der Waals surface area contributed by atoms with Crippen molar-refractivity contribution >= 4 is 23.8 Å². The van der Waals surface area contributed by atoms with Crippen molar-refractivity contribution in [2.45, 2.75) is 58.0 Å². The molecule has 1 amide bonds. The minimum Gasteiger partial charge on any atom is -0.460 e. The van der Waals surface area contributed by atoms with Crippen LogP contribution in [0.25, 0.3) is 0 Å². The molecule has 2 aliphatic rings. The van der Waals surface area contributed by atoms with E-state index in [1.807, 2.05) is 0 Å². The van der Waals surface area contributed by atoms with Crippen LogP contribution in [0.3, 0.4) is 0 Å². The molecule has 8 nitrogen and oxygen atoms in total. The number of ether oxygens (including phenoxy) is 3. The summed E-state index contributed by atoms with van der Waals surface area (Å²) in [6.45, 7) is 3.88. The molecular weight excluding hydrogens is 294 g/mol. The quantitative estimate of drug-likeness (QED) is 0.525. The van der Waals surface area contributed by atoms with Crippen molar-refractivity contribution < 1.29 is 33.4 Å². The second-order valence-electron chi connectivity index (χ2n) is 5.45. The van der Waals surface area contributed by atoms with E-state index < -0.39 is 42.3 Å². The number of fused-ring (bicyclic) bond motifs is 1. The van der Waals surface area contributed by atoms with Gasteiger partial charge in [-0.15, -0.1) is 0 Å². The molecule has 0 saturated carbocycles. The van der Waals surface area contributed by atoms with Crippen LogP contribution in [0.4, 0.5) is 0 Å². The standard InChI is InChI=1S/C14H19NO7/c1-7(16)20-10-4-5-12(19)15-6-11(21-8(2)17)14(13(10)15)22-9(3)18/h10-11,13-14H,4-6H2,1-3H3/t10-,11+,13-,14-/m1/s1. The van der Waals surface area contributed by atoms with Crippen molar-refractivity contribution in [1.29, 1.82) is 0 Å². The van der Waals surface area contributed by atoms with Crippen LogP contribution < -0.4 is 0 Å². The van der Waals surface area contributed by atoms with Crippen LogP contribution in [0.2, 0.25) is 0 Å². The number of carbonyl (C=O) groups excluding carboxylic acids is 4. The van der Waals surface area contributed by atoms with Gasteiger partial charge in [0.25, 0.3) is 0 Å². The Balaban J connectivity index is 2.28. The molecule has 0 bridgehead atoms. The summed E-state index contributed by atoms with van der Waals surface area (Å²) in [5.41, 5.74) is 0. The van der Waals surface area contributed by atoms with Gasteiger partial charge in [0.2, 0.25) is 5.91 Å². The van der Waals surface area contributed by atoms with Crippen LogP contribution in [0.5, 0.6) is 0 Å². The number of hydrogen-bond acceptors (Lipinski definition) is 7. The molecule has 0 aromatic rings. The molecule has 122 valence electrons. The van der Waals surface area contributed by atoms with Gasteiger partial charge < -0.3 is 19.1 Å². The Hall–Kier alpha value is -2.12. The molecule has 0 aromatic heterocycles. The van der Waals surface area contributed by atoms with Gasteiger partial charge in [0, 0.05) is 27.2 Å². The SMILES string of the molecule is CC(=O)O[C@H]1[C@H]2[C@H](OC(C)=O)CCC(=O)N2C[C@@H]1OC(C)=O. The van der Waals surface area contributed by atoms with E-state index in [0.717, 1.165) is 0 Å². The van der Waals surface area contributed by atoms with Crippen LogP contribution in [0.1, 0.15) is 33.6 Å². The third-order valence-electron chi connectivity index (χ3n) is 3.72. The topological polar surface area (TPSA) is 99.2 Å². The first-order chi connectivity index (χ1) is 10.3. The van der Waals surface area contributed by atoms with Gasteiger partial charge in [-0.1, -0.05) is 0 Å². The molecule has 2 rings (SSSR count). The number of hydrogen-bond donors (Lipinski definition) is 0. The third kappa shape index (κ3) is 3.37. The highest BCUT2D eigenvalue weighted by Gasteiger charge is 2.54. The highest BCUT2D eigenvalue weighted by atomic mass is 16.6. The molecule has 8 heteroatoms. The average molecular weight is 313 g/mol. The predicted molar refractivity (Wildman–Crippen MR) is 71.4 cm³/mol. The van der Waals surface area contributed by atoms with E-state index in [9.17, 15) is 19.2 Å². The van der Waals surface area contributed by atoms with Crippen molar-refractivity contribution in [2.24, 2.45) is 0 Å². The summed E-state index contributed by atoms with van der Waals surface area (Å²) in [4.78, 5) is 47.4. The van der Waals surface area contributed by atoms with E-state index in [-0.39, 0.29) is 18.9 Å². The fourth-order valence-corrected chi connectivity index (χ4v) is 3.07. The van der Waals surface area contributed by atoms with Gasteiger partial charge in [0.05, 0.1) is 6.54 Å². The zero-order valence-corrected chi connectivity index (χ0v) is 12.7. The third-order valence-corrected chi connectivity index (χ3v) is 3.72. The van der Waals surface area contributed by atoms with Gasteiger partial charge in [-0.2, -0.15) is 0 Å². The van der Waals surface area contributed by atoms with E-state index >= 15 is 0 Å². The Morgan fingerprint density at radius 1 is 0.955 bits per heavy atom. The van der Waals surface area contributed by atoms with Gasteiger partial charge in [0.15, 0.2) is 12.2 Å². The Kier molecular flexibility index (Phi) is 4.68. The first-order valence-electron chi connectivity index (χ1n) is 7.10. The van der Waals surface area contributed by atoms with Crippen molar-refractivity contribution in [3.8, 4) is 0 Å². The summed E-state index contributed by atoms with van der Waals surface area (Å²) in [5, 5.41) is 0. The summed E-state index contributed by atoms with van der Waals surface area (Å²) in [6, 6.07) is -0.626. The Morgan fingerprint density at radius 3 is 2.05 bits per heavy atom.